The maximum atomic E-state index is 13.5. The molecule has 8 heteroatoms. The lowest BCUT2D eigenvalue weighted by Gasteiger charge is -2.30. The highest BCUT2D eigenvalue weighted by Crippen LogP contribution is 2.19. The van der Waals surface area contributed by atoms with E-state index in [0.29, 0.717) is 42.2 Å². The van der Waals surface area contributed by atoms with E-state index in [9.17, 15) is 9.59 Å². The van der Waals surface area contributed by atoms with Crippen LogP contribution in [0.4, 0.5) is 0 Å². The first-order chi connectivity index (χ1) is 15.9. The standard InChI is InChI=1S/C25H26N6O2/c1-16-7-12-29(13-8-16)24(32)19-14-20-23(28-22-17(2)4-3-11-30(22)25(20)33)31(21(19)26)15-18-5-9-27-10-6-18/h3-6,9-11,14,16,26H,7-8,12-13,15H2,1-2H3. The average Bonchev–Trinajstić information content (AvgIpc) is 2.82. The van der Waals surface area contributed by atoms with E-state index in [2.05, 4.69) is 11.9 Å². The second kappa shape index (κ2) is 8.27. The molecule has 168 valence electrons. The molecular formula is C25H26N6O2. The number of hydrogen-bond donors (Lipinski definition) is 1. The predicted octanol–water partition coefficient (Wildman–Crippen LogP) is 2.75. The van der Waals surface area contributed by atoms with Crippen molar-refractivity contribution >= 4 is 22.6 Å². The molecule has 0 bridgehead atoms. The van der Waals surface area contributed by atoms with Crippen LogP contribution >= 0.6 is 0 Å². The molecule has 1 saturated heterocycles. The Kier molecular flexibility index (Phi) is 5.28. The van der Waals surface area contributed by atoms with E-state index in [1.807, 2.05) is 31.2 Å². The largest absolute Gasteiger partial charge is 0.339 e. The Morgan fingerprint density at radius 3 is 2.61 bits per heavy atom. The number of hydrogen-bond acceptors (Lipinski definition) is 5. The first-order valence-corrected chi connectivity index (χ1v) is 11.2. The molecule has 8 nitrogen and oxygen atoms in total. The van der Waals surface area contributed by atoms with Gasteiger partial charge >= 0.3 is 0 Å². The van der Waals surface area contributed by atoms with Crippen LogP contribution < -0.4 is 11.0 Å². The fourth-order valence-electron chi connectivity index (χ4n) is 4.47. The second-order valence-electron chi connectivity index (χ2n) is 8.86. The van der Waals surface area contributed by atoms with E-state index < -0.39 is 0 Å². The fourth-order valence-corrected chi connectivity index (χ4v) is 4.47. The molecule has 4 aromatic heterocycles. The van der Waals surface area contributed by atoms with Gasteiger partial charge in [0.15, 0.2) is 0 Å². The van der Waals surface area contributed by atoms with Gasteiger partial charge in [-0.15, -0.1) is 0 Å². The van der Waals surface area contributed by atoms with Crippen LogP contribution in [0, 0.1) is 18.3 Å². The number of aromatic nitrogens is 4. The van der Waals surface area contributed by atoms with Gasteiger partial charge in [0, 0.05) is 31.7 Å². The topological polar surface area (TPSA) is 96.3 Å². The number of piperidine rings is 1. The minimum absolute atomic E-state index is 0.0627. The van der Waals surface area contributed by atoms with Crippen LogP contribution in [0.1, 0.15) is 41.3 Å². The summed E-state index contributed by atoms with van der Waals surface area (Å²) in [6.07, 6.45) is 6.95. The highest BCUT2D eigenvalue weighted by Gasteiger charge is 2.25. The molecule has 33 heavy (non-hydrogen) atoms. The van der Waals surface area contributed by atoms with E-state index in [-0.39, 0.29) is 22.5 Å². The van der Waals surface area contributed by atoms with Crippen molar-refractivity contribution in [1.82, 2.24) is 23.8 Å². The Balaban J connectivity index is 1.76. The van der Waals surface area contributed by atoms with Gasteiger partial charge in [-0.25, -0.2) is 4.98 Å². The van der Waals surface area contributed by atoms with Gasteiger partial charge in [0.2, 0.25) is 0 Å². The molecule has 0 aliphatic carbocycles. The highest BCUT2D eigenvalue weighted by molar-refractivity contribution is 5.97. The lowest BCUT2D eigenvalue weighted by Crippen LogP contribution is -2.41. The first kappa shape index (κ1) is 21.1. The maximum Gasteiger partial charge on any atom is 0.267 e. The molecule has 4 aromatic rings. The van der Waals surface area contributed by atoms with Gasteiger partial charge in [-0.3, -0.25) is 24.4 Å². The van der Waals surface area contributed by atoms with E-state index >= 15 is 0 Å². The van der Waals surface area contributed by atoms with Gasteiger partial charge in [0.25, 0.3) is 11.5 Å². The van der Waals surface area contributed by atoms with Crippen LogP contribution in [0.25, 0.3) is 16.7 Å². The zero-order valence-corrected chi connectivity index (χ0v) is 18.8. The van der Waals surface area contributed by atoms with Crippen molar-refractivity contribution in [2.24, 2.45) is 5.92 Å². The summed E-state index contributed by atoms with van der Waals surface area (Å²) in [5, 5.41) is 9.28. The van der Waals surface area contributed by atoms with Crippen LogP contribution in [0.5, 0.6) is 0 Å². The van der Waals surface area contributed by atoms with Gasteiger partial charge < -0.3 is 9.47 Å². The van der Waals surface area contributed by atoms with Crippen LogP contribution in [-0.2, 0) is 6.54 Å². The summed E-state index contributed by atoms with van der Waals surface area (Å²) in [7, 11) is 0. The number of aryl methyl sites for hydroxylation is 1. The second-order valence-corrected chi connectivity index (χ2v) is 8.86. The van der Waals surface area contributed by atoms with E-state index in [1.54, 1.807) is 34.1 Å². The number of nitrogens with one attached hydrogen (secondary N) is 1. The average molecular weight is 443 g/mol. The molecule has 0 spiro atoms. The number of fused-ring (bicyclic) bond motifs is 2. The molecule has 0 atom stereocenters. The molecule has 1 amide bonds. The van der Waals surface area contributed by atoms with Crippen LogP contribution in [-0.4, -0.2) is 42.8 Å². The molecule has 1 aliphatic heterocycles. The van der Waals surface area contributed by atoms with Crippen molar-refractivity contribution < 1.29 is 4.79 Å². The van der Waals surface area contributed by atoms with Crippen molar-refractivity contribution in [1.29, 1.82) is 5.41 Å². The third-order valence-electron chi connectivity index (χ3n) is 6.52. The Bertz CT molecular complexity index is 1480. The molecule has 0 aromatic carbocycles. The van der Waals surface area contributed by atoms with E-state index in [0.717, 1.165) is 24.0 Å². The van der Waals surface area contributed by atoms with Crippen molar-refractivity contribution in [2.45, 2.75) is 33.2 Å². The zero-order chi connectivity index (χ0) is 23.1. The minimum atomic E-state index is -0.247. The zero-order valence-electron chi connectivity index (χ0n) is 18.8. The molecule has 1 aliphatic rings. The van der Waals surface area contributed by atoms with Crippen LogP contribution in [0.3, 0.4) is 0 Å². The fraction of sp³-hybridized carbons (Fsp3) is 0.320. The third-order valence-corrected chi connectivity index (χ3v) is 6.52. The smallest absolute Gasteiger partial charge is 0.267 e. The van der Waals surface area contributed by atoms with Gasteiger partial charge in [-0.2, -0.15) is 0 Å². The van der Waals surface area contributed by atoms with Gasteiger partial charge in [0.1, 0.15) is 16.8 Å². The number of carbonyl (C=O) groups excluding carboxylic acids is 1. The SMILES string of the molecule is Cc1cccn2c(=O)c3cc(C(=O)N4CCC(C)CC4)c(=N)n(Cc4ccncc4)c3nc12. The molecule has 1 fully saturated rings. The number of amides is 1. The predicted molar refractivity (Wildman–Crippen MR) is 125 cm³/mol. The Labute approximate surface area is 190 Å². The van der Waals surface area contributed by atoms with Crippen molar-refractivity contribution in [3.8, 4) is 0 Å². The number of carbonyl (C=O) groups is 1. The van der Waals surface area contributed by atoms with Crippen LogP contribution in [0.2, 0.25) is 0 Å². The number of nitrogens with zero attached hydrogens (tertiary/aromatic N) is 5. The molecular weight excluding hydrogens is 416 g/mol. The number of likely N-dealkylation sites (tertiary alicyclic amines) is 1. The quantitative estimate of drug-likeness (QED) is 0.494. The van der Waals surface area contributed by atoms with Crippen molar-refractivity contribution in [2.75, 3.05) is 13.1 Å². The van der Waals surface area contributed by atoms with E-state index in [1.165, 1.54) is 4.40 Å². The Hall–Kier alpha value is -3.81. The Morgan fingerprint density at radius 2 is 1.88 bits per heavy atom. The summed E-state index contributed by atoms with van der Waals surface area (Å²) in [4.78, 5) is 37.6. The van der Waals surface area contributed by atoms with Crippen molar-refractivity contribution in [3.05, 3.63) is 81.5 Å². The van der Waals surface area contributed by atoms with Gasteiger partial charge in [-0.05, 0) is 61.1 Å². The molecule has 0 saturated carbocycles. The summed E-state index contributed by atoms with van der Waals surface area (Å²) in [5.74, 6) is 0.382. The highest BCUT2D eigenvalue weighted by atomic mass is 16.2. The molecule has 5 heterocycles. The number of rotatable bonds is 3. The van der Waals surface area contributed by atoms with Crippen molar-refractivity contribution in [3.63, 3.8) is 0 Å². The summed E-state index contributed by atoms with van der Waals surface area (Å²) < 4.78 is 3.17. The summed E-state index contributed by atoms with van der Waals surface area (Å²) in [5.41, 5.74) is 2.77. The summed E-state index contributed by atoms with van der Waals surface area (Å²) >= 11 is 0. The normalized spacial score (nSPS) is 14.8. The summed E-state index contributed by atoms with van der Waals surface area (Å²) in [6.45, 7) is 5.73. The van der Waals surface area contributed by atoms with Gasteiger partial charge in [0.05, 0.1) is 17.5 Å². The number of pyridine rings is 3. The lowest BCUT2D eigenvalue weighted by molar-refractivity contribution is 0.0694. The first-order valence-electron chi connectivity index (χ1n) is 11.2. The molecule has 5 rings (SSSR count). The third kappa shape index (κ3) is 3.71. The van der Waals surface area contributed by atoms with Gasteiger partial charge in [-0.1, -0.05) is 13.0 Å². The maximum absolute atomic E-state index is 13.5. The Morgan fingerprint density at radius 1 is 1.15 bits per heavy atom. The van der Waals surface area contributed by atoms with E-state index in [4.69, 9.17) is 10.4 Å². The molecule has 1 N–H and O–H groups in total. The monoisotopic (exact) mass is 442 g/mol. The minimum Gasteiger partial charge on any atom is -0.339 e. The van der Waals surface area contributed by atoms with Crippen LogP contribution in [0.15, 0.2) is 53.7 Å². The molecule has 0 radical (unpaired) electrons. The summed E-state index contributed by atoms with van der Waals surface area (Å²) in [6, 6.07) is 8.99. The lowest BCUT2D eigenvalue weighted by atomic mass is 9.98. The molecule has 0 unspecified atom stereocenters.